The normalized spacial score (nSPS) is 18.6. The predicted molar refractivity (Wildman–Crippen MR) is 52.7 cm³/mol. The molecule has 2 heteroatoms. The van der Waals surface area contributed by atoms with Gasteiger partial charge in [-0.2, -0.15) is 0 Å². The Morgan fingerprint density at radius 3 is 2.62 bits per heavy atom. The topological polar surface area (TPSA) is 26.3 Å². The fourth-order valence-electron chi connectivity index (χ4n) is 1.55. The molecule has 0 aromatic rings. The molecule has 0 aliphatic heterocycles. The van der Waals surface area contributed by atoms with Crippen LogP contribution in [0.25, 0.3) is 0 Å². The van der Waals surface area contributed by atoms with Gasteiger partial charge in [-0.15, -0.1) is 0 Å². The summed E-state index contributed by atoms with van der Waals surface area (Å²) in [5.74, 6) is 1.15. The van der Waals surface area contributed by atoms with Crippen molar-refractivity contribution in [2.24, 2.45) is 5.92 Å². The van der Waals surface area contributed by atoms with Gasteiger partial charge in [-0.1, -0.05) is 19.8 Å². The Kier molecular flexibility index (Phi) is 4.43. The third-order valence-electron chi connectivity index (χ3n) is 2.59. The third-order valence-corrected chi connectivity index (χ3v) is 2.59. The maximum absolute atomic E-state index is 11.6. The third kappa shape index (κ3) is 3.90. The van der Waals surface area contributed by atoms with Crippen LogP contribution in [0.15, 0.2) is 0 Å². The van der Waals surface area contributed by atoms with E-state index in [2.05, 4.69) is 0 Å². The summed E-state index contributed by atoms with van der Waals surface area (Å²) in [7, 11) is 0. The van der Waals surface area contributed by atoms with Crippen molar-refractivity contribution in [1.29, 1.82) is 0 Å². The van der Waals surface area contributed by atoms with Gasteiger partial charge < -0.3 is 4.74 Å². The number of carbonyl (C=O) groups excluding carboxylic acids is 1. The molecular formula is C11H20O2. The quantitative estimate of drug-likeness (QED) is 0.608. The molecule has 0 aromatic carbocycles. The monoisotopic (exact) mass is 184 g/mol. The minimum Gasteiger partial charge on any atom is -0.371 e. The van der Waals surface area contributed by atoms with Crippen LogP contribution >= 0.6 is 0 Å². The molecule has 0 spiro atoms. The summed E-state index contributed by atoms with van der Waals surface area (Å²) >= 11 is 0. The van der Waals surface area contributed by atoms with Crippen LogP contribution in [0.3, 0.4) is 0 Å². The number of carbonyl (C=O) groups is 1. The lowest BCUT2D eigenvalue weighted by atomic mass is 10.1. The van der Waals surface area contributed by atoms with Gasteiger partial charge in [0.25, 0.3) is 0 Å². The van der Waals surface area contributed by atoms with Crippen molar-refractivity contribution < 1.29 is 9.53 Å². The second kappa shape index (κ2) is 5.38. The van der Waals surface area contributed by atoms with Crippen molar-refractivity contribution in [2.45, 2.75) is 52.1 Å². The minimum absolute atomic E-state index is 0.135. The van der Waals surface area contributed by atoms with E-state index in [1.54, 1.807) is 0 Å². The summed E-state index contributed by atoms with van der Waals surface area (Å²) in [6, 6.07) is 0. The van der Waals surface area contributed by atoms with Crippen molar-refractivity contribution >= 4 is 5.78 Å². The largest absolute Gasteiger partial charge is 0.371 e. The first-order valence-electron chi connectivity index (χ1n) is 5.42. The maximum Gasteiger partial charge on any atom is 0.161 e. The first-order valence-corrected chi connectivity index (χ1v) is 5.42. The molecule has 0 heterocycles. The lowest BCUT2D eigenvalue weighted by Crippen LogP contribution is -2.23. The maximum atomic E-state index is 11.6. The van der Waals surface area contributed by atoms with Crippen molar-refractivity contribution in [3.05, 3.63) is 0 Å². The Bertz CT molecular complexity index is 161. The molecule has 1 fully saturated rings. The second-order valence-corrected chi connectivity index (χ2v) is 3.80. The lowest BCUT2D eigenvalue weighted by molar-refractivity contribution is -0.130. The first-order chi connectivity index (χ1) is 6.27. The Balaban J connectivity index is 2.16. The van der Waals surface area contributed by atoms with E-state index in [0.29, 0.717) is 12.4 Å². The predicted octanol–water partition coefficient (Wildman–Crippen LogP) is 2.56. The highest BCUT2D eigenvalue weighted by Crippen LogP contribution is 2.33. The molecule has 1 rings (SSSR count). The standard InChI is InChI=1S/C11H20O2/c1-3-11(13-4-2)10(12)8-7-9-5-6-9/h9,11H,3-8H2,1-2H3. The molecular weight excluding hydrogens is 164 g/mol. The van der Waals surface area contributed by atoms with Crippen LogP contribution in [0.1, 0.15) is 46.0 Å². The number of ether oxygens (including phenoxy) is 1. The molecule has 0 bridgehead atoms. The van der Waals surface area contributed by atoms with E-state index in [9.17, 15) is 4.79 Å². The van der Waals surface area contributed by atoms with Crippen molar-refractivity contribution in [3.8, 4) is 0 Å². The first kappa shape index (κ1) is 10.7. The van der Waals surface area contributed by atoms with Gasteiger partial charge in [0.1, 0.15) is 6.10 Å². The van der Waals surface area contributed by atoms with Gasteiger partial charge in [0.2, 0.25) is 0 Å². The van der Waals surface area contributed by atoms with Gasteiger partial charge in [-0.25, -0.2) is 0 Å². The Morgan fingerprint density at radius 2 is 2.15 bits per heavy atom. The van der Waals surface area contributed by atoms with Crippen LogP contribution in [0.4, 0.5) is 0 Å². The zero-order chi connectivity index (χ0) is 9.68. The van der Waals surface area contributed by atoms with E-state index in [1.165, 1.54) is 12.8 Å². The van der Waals surface area contributed by atoms with E-state index in [0.717, 1.165) is 25.2 Å². The number of ketones is 1. The van der Waals surface area contributed by atoms with Crippen LogP contribution < -0.4 is 0 Å². The second-order valence-electron chi connectivity index (χ2n) is 3.80. The van der Waals surface area contributed by atoms with E-state index in [4.69, 9.17) is 4.74 Å². The molecule has 0 radical (unpaired) electrons. The molecule has 0 saturated heterocycles. The number of hydrogen-bond donors (Lipinski definition) is 0. The van der Waals surface area contributed by atoms with Crippen LogP contribution in [0.2, 0.25) is 0 Å². The molecule has 76 valence electrons. The van der Waals surface area contributed by atoms with Crippen molar-refractivity contribution in [3.63, 3.8) is 0 Å². The minimum atomic E-state index is -0.135. The van der Waals surface area contributed by atoms with Gasteiger partial charge >= 0.3 is 0 Å². The van der Waals surface area contributed by atoms with Crippen molar-refractivity contribution in [1.82, 2.24) is 0 Å². The Morgan fingerprint density at radius 1 is 1.46 bits per heavy atom. The zero-order valence-corrected chi connectivity index (χ0v) is 8.71. The van der Waals surface area contributed by atoms with Crippen molar-refractivity contribution in [2.75, 3.05) is 6.61 Å². The van der Waals surface area contributed by atoms with Crippen LogP contribution in [-0.4, -0.2) is 18.5 Å². The SMILES string of the molecule is CCOC(CC)C(=O)CCC1CC1. The number of hydrogen-bond acceptors (Lipinski definition) is 2. The molecule has 1 atom stereocenters. The Labute approximate surface area is 80.7 Å². The smallest absolute Gasteiger partial charge is 0.161 e. The van der Waals surface area contributed by atoms with E-state index < -0.39 is 0 Å². The van der Waals surface area contributed by atoms with Crippen LogP contribution in [0.5, 0.6) is 0 Å². The molecule has 1 saturated carbocycles. The molecule has 2 nitrogen and oxygen atoms in total. The van der Waals surface area contributed by atoms with Gasteiger partial charge in [-0.05, 0) is 25.7 Å². The molecule has 1 aliphatic rings. The molecule has 0 amide bonds. The highest BCUT2D eigenvalue weighted by Gasteiger charge is 2.24. The number of Topliss-reactive ketones (excluding diaryl/α,β-unsaturated/α-hetero) is 1. The molecule has 1 aliphatic carbocycles. The molecule has 0 N–H and O–H groups in total. The zero-order valence-electron chi connectivity index (χ0n) is 8.71. The average Bonchev–Trinajstić information content (AvgIpc) is 2.93. The highest BCUT2D eigenvalue weighted by atomic mass is 16.5. The molecule has 1 unspecified atom stereocenters. The summed E-state index contributed by atoms with van der Waals surface area (Å²) in [5.41, 5.74) is 0. The summed E-state index contributed by atoms with van der Waals surface area (Å²) in [6.07, 6.45) is 5.16. The van der Waals surface area contributed by atoms with E-state index in [1.807, 2.05) is 13.8 Å². The highest BCUT2D eigenvalue weighted by molar-refractivity contribution is 5.83. The van der Waals surface area contributed by atoms with Gasteiger partial charge in [-0.3, -0.25) is 4.79 Å². The fourth-order valence-corrected chi connectivity index (χ4v) is 1.55. The van der Waals surface area contributed by atoms with Gasteiger partial charge in [0.05, 0.1) is 0 Å². The van der Waals surface area contributed by atoms with Crippen LogP contribution in [0, 0.1) is 5.92 Å². The summed E-state index contributed by atoms with van der Waals surface area (Å²) in [4.78, 5) is 11.6. The fraction of sp³-hybridized carbons (Fsp3) is 0.909. The summed E-state index contributed by atoms with van der Waals surface area (Å²) in [6.45, 7) is 4.60. The average molecular weight is 184 g/mol. The number of rotatable bonds is 7. The van der Waals surface area contributed by atoms with Gasteiger partial charge in [0.15, 0.2) is 5.78 Å². The molecule has 0 aromatic heterocycles. The van der Waals surface area contributed by atoms with E-state index >= 15 is 0 Å². The Hall–Kier alpha value is -0.370. The lowest BCUT2D eigenvalue weighted by Gasteiger charge is -2.13. The summed E-state index contributed by atoms with van der Waals surface area (Å²) in [5, 5.41) is 0. The van der Waals surface area contributed by atoms with E-state index in [-0.39, 0.29) is 6.10 Å². The van der Waals surface area contributed by atoms with Crippen LogP contribution in [-0.2, 0) is 9.53 Å². The van der Waals surface area contributed by atoms with Gasteiger partial charge in [0, 0.05) is 13.0 Å². The molecule has 13 heavy (non-hydrogen) atoms. The summed E-state index contributed by atoms with van der Waals surface area (Å²) < 4.78 is 5.36.